The summed E-state index contributed by atoms with van der Waals surface area (Å²) in [4.78, 5) is 0. The number of aryl methyl sites for hydroxylation is 1. The summed E-state index contributed by atoms with van der Waals surface area (Å²) < 4.78 is 17.1. The first-order valence-corrected chi connectivity index (χ1v) is 4.76. The molecule has 0 fully saturated rings. The molecule has 1 rings (SSSR count). The van der Waals surface area contributed by atoms with E-state index in [9.17, 15) is 4.39 Å². The zero-order valence-electron chi connectivity index (χ0n) is 8.72. The van der Waals surface area contributed by atoms with Gasteiger partial charge in [-0.05, 0) is 30.7 Å². The van der Waals surface area contributed by atoms with Crippen molar-refractivity contribution < 1.29 is 9.13 Å². The fraction of sp³-hybridized carbons (Fsp3) is 0.333. The number of hydrogen-bond acceptors (Lipinski definition) is 2. The topological polar surface area (TPSA) is 35.2 Å². The largest absolute Gasteiger partial charge is 0.491 e. The van der Waals surface area contributed by atoms with Crippen LogP contribution in [0, 0.1) is 18.8 Å². The molecule has 0 aromatic heterocycles. The second-order valence-corrected chi connectivity index (χ2v) is 3.02. The second-order valence-electron chi connectivity index (χ2n) is 3.02. The van der Waals surface area contributed by atoms with Gasteiger partial charge in [-0.3, -0.25) is 0 Å². The van der Waals surface area contributed by atoms with Gasteiger partial charge in [0, 0.05) is 5.56 Å². The molecule has 0 saturated heterocycles. The van der Waals surface area contributed by atoms with Crippen molar-refractivity contribution in [2.45, 2.75) is 6.92 Å². The molecule has 15 heavy (non-hydrogen) atoms. The van der Waals surface area contributed by atoms with E-state index in [4.69, 9.17) is 10.5 Å². The molecule has 3 heteroatoms. The highest BCUT2D eigenvalue weighted by atomic mass is 19.1. The van der Waals surface area contributed by atoms with Crippen LogP contribution in [0.3, 0.4) is 0 Å². The molecule has 0 aliphatic heterocycles. The van der Waals surface area contributed by atoms with E-state index in [0.717, 1.165) is 11.1 Å². The van der Waals surface area contributed by atoms with Crippen molar-refractivity contribution in [3.05, 3.63) is 29.3 Å². The maximum Gasteiger partial charge on any atom is 0.123 e. The molecule has 0 aliphatic carbocycles. The van der Waals surface area contributed by atoms with Crippen LogP contribution in [0.1, 0.15) is 11.1 Å². The average molecular weight is 207 g/mol. The van der Waals surface area contributed by atoms with E-state index >= 15 is 0 Å². The van der Waals surface area contributed by atoms with Crippen LogP contribution >= 0.6 is 0 Å². The standard InChI is InChI=1S/C12H14FNO/c1-10-9-11(3-2-7-14)4-5-12(10)15-8-6-13/h4-5,9H,6-8,14H2,1H3. The molecule has 2 nitrogen and oxygen atoms in total. The number of rotatable bonds is 3. The normalized spacial score (nSPS) is 9.27. The predicted octanol–water partition coefficient (Wildman–Crippen LogP) is 1.65. The molecule has 1 aromatic carbocycles. The summed E-state index contributed by atoms with van der Waals surface area (Å²) in [5.41, 5.74) is 7.12. The Kier molecular flexibility index (Phi) is 4.65. The third-order valence-corrected chi connectivity index (χ3v) is 1.84. The summed E-state index contributed by atoms with van der Waals surface area (Å²) in [6.45, 7) is 1.86. The van der Waals surface area contributed by atoms with Gasteiger partial charge < -0.3 is 10.5 Å². The Morgan fingerprint density at radius 3 is 2.87 bits per heavy atom. The van der Waals surface area contributed by atoms with Crippen LogP contribution in [0.2, 0.25) is 0 Å². The van der Waals surface area contributed by atoms with Crippen molar-refractivity contribution >= 4 is 0 Å². The minimum absolute atomic E-state index is 0.0919. The number of nitrogens with two attached hydrogens (primary N) is 1. The highest BCUT2D eigenvalue weighted by Crippen LogP contribution is 2.18. The van der Waals surface area contributed by atoms with Crippen LogP contribution in [0.15, 0.2) is 18.2 Å². The molecule has 0 unspecified atom stereocenters. The van der Waals surface area contributed by atoms with E-state index < -0.39 is 6.67 Å². The summed E-state index contributed by atoms with van der Waals surface area (Å²) in [7, 11) is 0. The summed E-state index contributed by atoms with van der Waals surface area (Å²) >= 11 is 0. The van der Waals surface area contributed by atoms with E-state index in [2.05, 4.69) is 11.8 Å². The van der Waals surface area contributed by atoms with Gasteiger partial charge in [-0.25, -0.2) is 4.39 Å². The highest BCUT2D eigenvalue weighted by molar-refractivity contribution is 5.43. The summed E-state index contributed by atoms with van der Waals surface area (Å²) in [6.07, 6.45) is 0. The lowest BCUT2D eigenvalue weighted by Crippen LogP contribution is -2.00. The van der Waals surface area contributed by atoms with Crippen molar-refractivity contribution in [2.75, 3.05) is 19.8 Å². The van der Waals surface area contributed by atoms with E-state index in [1.165, 1.54) is 0 Å². The predicted molar refractivity (Wildman–Crippen MR) is 58.6 cm³/mol. The van der Waals surface area contributed by atoms with Gasteiger partial charge in [-0.2, -0.15) is 0 Å². The quantitative estimate of drug-likeness (QED) is 0.765. The Bertz CT molecular complexity index is 379. The second kappa shape index (κ2) is 6.05. The number of ether oxygens (including phenoxy) is 1. The van der Waals surface area contributed by atoms with Gasteiger partial charge in [0.05, 0.1) is 6.54 Å². The number of alkyl halides is 1. The zero-order valence-corrected chi connectivity index (χ0v) is 8.72. The van der Waals surface area contributed by atoms with Crippen molar-refractivity contribution in [1.29, 1.82) is 0 Å². The molecule has 2 N–H and O–H groups in total. The zero-order chi connectivity index (χ0) is 11.1. The van der Waals surface area contributed by atoms with Gasteiger partial charge in [0.25, 0.3) is 0 Å². The Labute approximate surface area is 89.2 Å². The molecule has 0 amide bonds. The van der Waals surface area contributed by atoms with Gasteiger partial charge in [0.15, 0.2) is 0 Å². The van der Waals surface area contributed by atoms with Crippen molar-refractivity contribution in [3.8, 4) is 17.6 Å². The number of hydrogen-bond donors (Lipinski definition) is 1. The van der Waals surface area contributed by atoms with E-state index in [1.807, 2.05) is 19.1 Å². The molecule has 0 saturated carbocycles. The number of benzene rings is 1. The minimum atomic E-state index is -0.478. The Balaban J connectivity index is 2.78. The summed E-state index contributed by atoms with van der Waals surface area (Å²) in [5.74, 6) is 6.40. The lowest BCUT2D eigenvalue weighted by molar-refractivity contribution is 0.272. The molecule has 0 spiro atoms. The molecule has 0 heterocycles. The third kappa shape index (κ3) is 3.61. The van der Waals surface area contributed by atoms with Gasteiger partial charge in [-0.15, -0.1) is 0 Å². The van der Waals surface area contributed by atoms with Crippen LogP contribution in [0.25, 0.3) is 0 Å². The average Bonchev–Trinajstić information content (AvgIpc) is 2.25. The molecule has 0 atom stereocenters. The molecule has 0 radical (unpaired) electrons. The first-order chi connectivity index (χ1) is 7.27. The molecular weight excluding hydrogens is 193 g/mol. The smallest absolute Gasteiger partial charge is 0.123 e. The van der Waals surface area contributed by atoms with Crippen LogP contribution < -0.4 is 10.5 Å². The summed E-state index contributed by atoms with van der Waals surface area (Å²) in [6, 6.07) is 5.53. The van der Waals surface area contributed by atoms with Gasteiger partial charge in [0.1, 0.15) is 19.0 Å². The SMILES string of the molecule is Cc1cc(C#CCN)ccc1OCCF. The lowest BCUT2D eigenvalue weighted by atomic mass is 10.1. The molecule has 0 bridgehead atoms. The Hall–Kier alpha value is -1.53. The molecule has 80 valence electrons. The number of halogens is 1. The van der Waals surface area contributed by atoms with Crippen LogP contribution in [0.4, 0.5) is 4.39 Å². The first-order valence-electron chi connectivity index (χ1n) is 4.76. The fourth-order valence-corrected chi connectivity index (χ4v) is 1.19. The molecule has 0 aliphatic rings. The van der Waals surface area contributed by atoms with Gasteiger partial charge in [0.2, 0.25) is 0 Å². The van der Waals surface area contributed by atoms with Crippen molar-refractivity contribution in [3.63, 3.8) is 0 Å². The fourth-order valence-electron chi connectivity index (χ4n) is 1.19. The molecule has 1 aromatic rings. The minimum Gasteiger partial charge on any atom is -0.491 e. The van der Waals surface area contributed by atoms with Crippen LogP contribution in [0.5, 0.6) is 5.75 Å². The highest BCUT2D eigenvalue weighted by Gasteiger charge is 1.99. The van der Waals surface area contributed by atoms with Crippen molar-refractivity contribution in [2.24, 2.45) is 5.73 Å². The van der Waals surface area contributed by atoms with Crippen molar-refractivity contribution in [1.82, 2.24) is 0 Å². The third-order valence-electron chi connectivity index (χ3n) is 1.84. The maximum absolute atomic E-state index is 11.9. The van der Waals surface area contributed by atoms with E-state index in [1.54, 1.807) is 6.07 Å². The monoisotopic (exact) mass is 207 g/mol. The van der Waals surface area contributed by atoms with Gasteiger partial charge in [-0.1, -0.05) is 11.8 Å². The lowest BCUT2D eigenvalue weighted by Gasteiger charge is -2.06. The van der Waals surface area contributed by atoms with Crippen LogP contribution in [-0.2, 0) is 0 Å². The van der Waals surface area contributed by atoms with E-state index in [0.29, 0.717) is 12.3 Å². The Morgan fingerprint density at radius 1 is 1.47 bits per heavy atom. The van der Waals surface area contributed by atoms with Gasteiger partial charge >= 0.3 is 0 Å². The maximum atomic E-state index is 11.9. The van der Waals surface area contributed by atoms with E-state index in [-0.39, 0.29) is 6.61 Å². The Morgan fingerprint density at radius 2 is 2.27 bits per heavy atom. The molecular formula is C12H14FNO. The van der Waals surface area contributed by atoms with Crippen LogP contribution in [-0.4, -0.2) is 19.8 Å². The first kappa shape index (κ1) is 11.5. The summed E-state index contributed by atoms with van der Waals surface area (Å²) in [5, 5.41) is 0.